The number of tetrazole rings is 1. The number of nitrogens with one attached hydrogen (secondary N) is 1. The number of aromatic nitrogens is 4. The van der Waals surface area contributed by atoms with Crippen LogP contribution in [0.4, 0.5) is 5.69 Å². The van der Waals surface area contributed by atoms with Gasteiger partial charge in [0.1, 0.15) is 0 Å². The van der Waals surface area contributed by atoms with E-state index in [0.717, 1.165) is 29.9 Å². The smallest absolute Gasteiger partial charge is 0.232 e. The van der Waals surface area contributed by atoms with E-state index < -0.39 is 5.41 Å². The summed E-state index contributed by atoms with van der Waals surface area (Å²) >= 11 is 0. The molecule has 0 atom stereocenters. The van der Waals surface area contributed by atoms with Gasteiger partial charge in [0.15, 0.2) is 5.82 Å². The maximum atomic E-state index is 12.8. The summed E-state index contributed by atoms with van der Waals surface area (Å²) < 4.78 is 7.24. The number of rotatable bonds is 5. The number of benzene rings is 1. The highest BCUT2D eigenvalue weighted by atomic mass is 16.5. The quantitative estimate of drug-likeness (QED) is 0.849. The fraction of sp³-hybridized carbons (Fsp3) is 0.529. The van der Waals surface area contributed by atoms with Crippen LogP contribution in [0, 0.1) is 5.41 Å². The van der Waals surface area contributed by atoms with Gasteiger partial charge in [-0.2, -0.15) is 0 Å². The normalized spacial score (nSPS) is 19.6. The molecular weight excluding hydrogens is 320 g/mol. The molecule has 2 aliphatic rings. The average molecular weight is 342 g/mol. The molecular formula is C17H22N6O2. The number of ether oxygens (including phenoxy) is 1. The van der Waals surface area contributed by atoms with Crippen LogP contribution in [0.5, 0.6) is 0 Å². The van der Waals surface area contributed by atoms with E-state index in [9.17, 15) is 4.79 Å². The van der Waals surface area contributed by atoms with Crippen molar-refractivity contribution in [2.75, 3.05) is 25.1 Å². The number of hydrogen-bond donors (Lipinski definition) is 2. The average Bonchev–Trinajstić information content (AvgIpc) is 3.39. The molecule has 4 rings (SSSR count). The largest absolute Gasteiger partial charge is 0.381 e. The lowest BCUT2D eigenvalue weighted by atomic mass is 9.79. The van der Waals surface area contributed by atoms with Crippen LogP contribution < -0.4 is 11.1 Å². The second kappa shape index (κ2) is 6.53. The summed E-state index contributed by atoms with van der Waals surface area (Å²) in [5, 5.41) is 15.0. The predicted octanol–water partition coefficient (Wildman–Crippen LogP) is 1.37. The predicted molar refractivity (Wildman–Crippen MR) is 91.7 cm³/mol. The number of carbonyl (C=O) groups is 1. The molecule has 1 aromatic carbocycles. The van der Waals surface area contributed by atoms with Gasteiger partial charge in [0, 0.05) is 31.0 Å². The lowest BCUT2D eigenvalue weighted by molar-refractivity contribution is -0.130. The number of amides is 1. The van der Waals surface area contributed by atoms with E-state index in [1.165, 1.54) is 0 Å². The molecule has 1 saturated heterocycles. The van der Waals surface area contributed by atoms with E-state index in [0.29, 0.717) is 38.6 Å². The first-order valence-corrected chi connectivity index (χ1v) is 8.69. The maximum Gasteiger partial charge on any atom is 0.232 e. The Kier molecular flexibility index (Phi) is 4.22. The Morgan fingerprint density at radius 2 is 2.16 bits per heavy atom. The van der Waals surface area contributed by atoms with E-state index in [1.807, 2.05) is 28.9 Å². The monoisotopic (exact) mass is 342 g/mol. The lowest BCUT2D eigenvalue weighted by Crippen LogP contribution is -2.46. The number of carbonyl (C=O) groups excluding carboxylic acids is 1. The van der Waals surface area contributed by atoms with Crippen LogP contribution in [0.15, 0.2) is 24.3 Å². The minimum Gasteiger partial charge on any atom is -0.381 e. The third-order valence-corrected chi connectivity index (χ3v) is 5.09. The Bertz CT molecular complexity index is 764. The highest BCUT2D eigenvalue weighted by Gasteiger charge is 2.38. The SMILES string of the molecule is NCC1(C(=O)Nc2cccc(-c3nnnn3C3CC3)c2)CCOCC1. The maximum absolute atomic E-state index is 12.8. The van der Waals surface area contributed by atoms with Crippen LogP contribution in [0.2, 0.25) is 0 Å². The zero-order valence-corrected chi connectivity index (χ0v) is 14.0. The van der Waals surface area contributed by atoms with Crippen LogP contribution >= 0.6 is 0 Å². The lowest BCUT2D eigenvalue weighted by Gasteiger charge is -2.34. The van der Waals surface area contributed by atoms with E-state index in [2.05, 4.69) is 20.8 Å². The van der Waals surface area contributed by atoms with Crippen LogP contribution in [0.3, 0.4) is 0 Å². The van der Waals surface area contributed by atoms with Crippen molar-refractivity contribution in [1.82, 2.24) is 20.2 Å². The Morgan fingerprint density at radius 1 is 1.36 bits per heavy atom. The molecule has 8 heteroatoms. The molecule has 25 heavy (non-hydrogen) atoms. The van der Waals surface area contributed by atoms with Crippen LogP contribution in [0.25, 0.3) is 11.4 Å². The summed E-state index contributed by atoms with van der Waals surface area (Å²) in [6.45, 7) is 1.46. The molecule has 1 aromatic heterocycles. The second-order valence-electron chi connectivity index (χ2n) is 6.81. The van der Waals surface area contributed by atoms with Gasteiger partial charge in [-0.05, 0) is 48.2 Å². The zero-order valence-electron chi connectivity index (χ0n) is 14.0. The fourth-order valence-corrected chi connectivity index (χ4v) is 3.23. The summed E-state index contributed by atoms with van der Waals surface area (Å²) in [5.41, 5.74) is 6.98. The van der Waals surface area contributed by atoms with E-state index in [-0.39, 0.29) is 5.91 Å². The van der Waals surface area contributed by atoms with Crippen molar-refractivity contribution >= 4 is 11.6 Å². The van der Waals surface area contributed by atoms with Gasteiger partial charge in [-0.3, -0.25) is 4.79 Å². The molecule has 1 aliphatic carbocycles. The Balaban J connectivity index is 1.55. The first kappa shape index (κ1) is 16.2. The molecule has 2 fully saturated rings. The van der Waals surface area contributed by atoms with Crippen molar-refractivity contribution in [3.05, 3.63) is 24.3 Å². The standard InChI is InChI=1S/C17H22N6O2/c18-11-17(6-8-25-9-7-17)16(24)19-13-3-1-2-12(10-13)15-20-21-22-23(15)14-4-5-14/h1-3,10,14H,4-9,11,18H2,(H,19,24). The fourth-order valence-electron chi connectivity index (χ4n) is 3.23. The second-order valence-corrected chi connectivity index (χ2v) is 6.81. The van der Waals surface area contributed by atoms with Crippen LogP contribution in [-0.4, -0.2) is 45.9 Å². The van der Waals surface area contributed by atoms with Crippen molar-refractivity contribution < 1.29 is 9.53 Å². The molecule has 0 unspecified atom stereocenters. The number of hydrogen-bond acceptors (Lipinski definition) is 6. The van der Waals surface area contributed by atoms with Gasteiger partial charge in [0.25, 0.3) is 0 Å². The summed E-state index contributed by atoms with van der Waals surface area (Å²) in [7, 11) is 0. The molecule has 2 aromatic rings. The summed E-state index contributed by atoms with van der Waals surface area (Å²) in [6, 6.07) is 8.02. The minimum absolute atomic E-state index is 0.0442. The van der Waals surface area contributed by atoms with Crippen molar-refractivity contribution in [1.29, 1.82) is 0 Å². The molecule has 0 spiro atoms. The molecule has 132 valence electrons. The Morgan fingerprint density at radius 3 is 2.88 bits per heavy atom. The summed E-state index contributed by atoms with van der Waals surface area (Å²) in [5.74, 6) is 0.690. The van der Waals surface area contributed by atoms with Crippen molar-refractivity contribution in [2.24, 2.45) is 11.1 Å². The number of nitrogens with zero attached hydrogens (tertiary/aromatic N) is 4. The highest BCUT2D eigenvalue weighted by Crippen LogP contribution is 2.37. The van der Waals surface area contributed by atoms with Gasteiger partial charge in [0.05, 0.1) is 11.5 Å². The van der Waals surface area contributed by atoms with E-state index in [4.69, 9.17) is 10.5 Å². The van der Waals surface area contributed by atoms with Crippen LogP contribution in [-0.2, 0) is 9.53 Å². The topological polar surface area (TPSA) is 108 Å². The molecule has 1 saturated carbocycles. The van der Waals surface area contributed by atoms with Gasteiger partial charge in [0.2, 0.25) is 5.91 Å². The molecule has 1 amide bonds. The zero-order chi connectivity index (χ0) is 17.3. The molecule has 3 N–H and O–H groups in total. The molecule has 1 aliphatic heterocycles. The van der Waals surface area contributed by atoms with Gasteiger partial charge >= 0.3 is 0 Å². The van der Waals surface area contributed by atoms with Crippen molar-refractivity contribution in [3.63, 3.8) is 0 Å². The summed E-state index contributed by atoms with van der Waals surface area (Å²) in [6.07, 6.45) is 3.51. The van der Waals surface area contributed by atoms with Gasteiger partial charge in [-0.15, -0.1) is 5.10 Å². The number of anilines is 1. The Labute approximate surface area is 145 Å². The van der Waals surface area contributed by atoms with Crippen molar-refractivity contribution in [2.45, 2.75) is 31.7 Å². The molecule has 0 bridgehead atoms. The Hall–Kier alpha value is -2.32. The van der Waals surface area contributed by atoms with Crippen LogP contribution in [0.1, 0.15) is 31.7 Å². The third kappa shape index (κ3) is 3.14. The molecule has 0 radical (unpaired) electrons. The first-order chi connectivity index (χ1) is 12.2. The number of nitrogens with two attached hydrogens (primary N) is 1. The molecule has 8 nitrogen and oxygen atoms in total. The molecule has 2 heterocycles. The van der Waals surface area contributed by atoms with Crippen molar-refractivity contribution in [3.8, 4) is 11.4 Å². The van der Waals surface area contributed by atoms with E-state index in [1.54, 1.807) is 0 Å². The van der Waals surface area contributed by atoms with Gasteiger partial charge < -0.3 is 15.8 Å². The van der Waals surface area contributed by atoms with Gasteiger partial charge in [-0.25, -0.2) is 4.68 Å². The summed E-state index contributed by atoms with van der Waals surface area (Å²) in [4.78, 5) is 12.8. The highest BCUT2D eigenvalue weighted by molar-refractivity contribution is 5.96. The minimum atomic E-state index is -0.552. The van der Waals surface area contributed by atoms with E-state index >= 15 is 0 Å². The third-order valence-electron chi connectivity index (χ3n) is 5.09. The first-order valence-electron chi connectivity index (χ1n) is 8.69. The van der Waals surface area contributed by atoms with Gasteiger partial charge in [-0.1, -0.05) is 12.1 Å².